The number of amides is 1. The van der Waals surface area contributed by atoms with Crippen molar-refractivity contribution in [3.8, 4) is 0 Å². The summed E-state index contributed by atoms with van der Waals surface area (Å²) in [7, 11) is 1.91. The number of likely N-dealkylation sites (N-methyl/N-ethyl adjacent to an activating group) is 1. The van der Waals surface area contributed by atoms with Gasteiger partial charge in [-0.15, -0.1) is 10.2 Å². The Bertz CT molecular complexity index is 351. The van der Waals surface area contributed by atoms with Gasteiger partial charge in [0.1, 0.15) is 0 Å². The van der Waals surface area contributed by atoms with Crippen LogP contribution < -0.4 is 11.3 Å². The molecule has 88 valence electrons. The Kier molecular flexibility index (Phi) is 3.11. The van der Waals surface area contributed by atoms with Gasteiger partial charge in [0, 0.05) is 6.54 Å². The molecule has 0 aromatic carbocycles. The summed E-state index contributed by atoms with van der Waals surface area (Å²) >= 11 is 0. The van der Waals surface area contributed by atoms with Gasteiger partial charge in [0.05, 0.1) is 12.6 Å². The summed E-state index contributed by atoms with van der Waals surface area (Å²) < 4.78 is 0. The molecule has 1 amide bonds. The van der Waals surface area contributed by atoms with Crippen molar-refractivity contribution in [3.63, 3.8) is 0 Å². The van der Waals surface area contributed by atoms with Crippen LogP contribution in [0.5, 0.6) is 0 Å². The first-order valence-electron chi connectivity index (χ1n) is 5.12. The van der Waals surface area contributed by atoms with Crippen LogP contribution in [0.3, 0.4) is 0 Å². The molecule has 16 heavy (non-hydrogen) atoms. The quantitative estimate of drug-likeness (QED) is 0.350. The van der Waals surface area contributed by atoms with Crippen LogP contribution in [0.1, 0.15) is 6.42 Å². The fourth-order valence-corrected chi connectivity index (χ4v) is 2.14. The molecule has 1 aromatic heterocycles. The van der Waals surface area contributed by atoms with Gasteiger partial charge in [-0.2, -0.15) is 4.80 Å². The van der Waals surface area contributed by atoms with Crippen molar-refractivity contribution in [1.82, 2.24) is 30.5 Å². The van der Waals surface area contributed by atoms with Crippen LogP contribution in [0, 0.1) is 5.92 Å². The summed E-state index contributed by atoms with van der Waals surface area (Å²) in [5, 5.41) is 11.4. The van der Waals surface area contributed by atoms with Crippen LogP contribution in [-0.4, -0.2) is 50.6 Å². The molecule has 1 saturated heterocycles. The van der Waals surface area contributed by atoms with E-state index in [4.69, 9.17) is 5.84 Å². The highest BCUT2D eigenvalue weighted by molar-refractivity contribution is 5.81. The summed E-state index contributed by atoms with van der Waals surface area (Å²) in [5.41, 5.74) is 2.19. The molecule has 8 heteroatoms. The highest BCUT2D eigenvalue weighted by Gasteiger charge is 2.34. The second-order valence-corrected chi connectivity index (χ2v) is 4.06. The zero-order chi connectivity index (χ0) is 11.5. The molecule has 2 rings (SSSR count). The Morgan fingerprint density at radius 1 is 1.69 bits per heavy atom. The first-order chi connectivity index (χ1) is 7.70. The van der Waals surface area contributed by atoms with Gasteiger partial charge >= 0.3 is 0 Å². The maximum absolute atomic E-state index is 11.4. The van der Waals surface area contributed by atoms with Gasteiger partial charge in [-0.25, -0.2) is 5.84 Å². The van der Waals surface area contributed by atoms with Crippen LogP contribution in [0.2, 0.25) is 0 Å². The molecule has 1 aliphatic rings. The number of tetrazole rings is 1. The van der Waals surface area contributed by atoms with Crippen LogP contribution >= 0.6 is 0 Å². The van der Waals surface area contributed by atoms with E-state index in [1.54, 1.807) is 4.80 Å². The minimum Gasteiger partial charge on any atom is -0.295 e. The van der Waals surface area contributed by atoms with Crippen molar-refractivity contribution < 1.29 is 4.79 Å². The maximum Gasteiger partial charge on any atom is 0.251 e. The molecule has 8 nitrogen and oxygen atoms in total. The lowest BCUT2D eigenvalue weighted by molar-refractivity contribution is -0.125. The Morgan fingerprint density at radius 3 is 3.12 bits per heavy atom. The number of hydrogen-bond donors (Lipinski definition) is 2. The highest BCUT2D eigenvalue weighted by Crippen LogP contribution is 2.22. The third-order valence-corrected chi connectivity index (χ3v) is 2.89. The normalized spacial score (nSPS) is 25.9. The van der Waals surface area contributed by atoms with Gasteiger partial charge < -0.3 is 0 Å². The Balaban J connectivity index is 1.93. The Morgan fingerprint density at radius 2 is 2.50 bits per heavy atom. The van der Waals surface area contributed by atoms with Gasteiger partial charge in [0.15, 0.2) is 6.33 Å². The molecule has 0 saturated carbocycles. The number of nitrogens with zero attached hydrogens (tertiary/aromatic N) is 5. The smallest absolute Gasteiger partial charge is 0.251 e. The van der Waals surface area contributed by atoms with Gasteiger partial charge in [0.25, 0.3) is 5.91 Å². The van der Waals surface area contributed by atoms with Gasteiger partial charge in [-0.3, -0.25) is 15.1 Å². The number of carbonyl (C=O) groups excluding carboxylic acids is 1. The van der Waals surface area contributed by atoms with Crippen molar-refractivity contribution in [2.75, 3.05) is 13.6 Å². The number of aromatic nitrogens is 4. The van der Waals surface area contributed by atoms with Crippen molar-refractivity contribution in [3.05, 3.63) is 6.33 Å². The number of hydrazine groups is 1. The molecule has 1 aromatic rings. The van der Waals surface area contributed by atoms with Gasteiger partial charge in [-0.1, -0.05) is 0 Å². The van der Waals surface area contributed by atoms with Crippen molar-refractivity contribution in [2.45, 2.75) is 19.0 Å². The van der Waals surface area contributed by atoms with E-state index in [0.717, 1.165) is 13.0 Å². The molecule has 0 spiro atoms. The summed E-state index contributed by atoms with van der Waals surface area (Å²) in [6, 6.07) is -0.154. The molecule has 0 radical (unpaired) electrons. The van der Waals surface area contributed by atoms with Crippen LogP contribution in [0.4, 0.5) is 0 Å². The zero-order valence-electron chi connectivity index (χ0n) is 9.08. The predicted octanol–water partition coefficient (Wildman–Crippen LogP) is -2.02. The van der Waals surface area contributed by atoms with Crippen LogP contribution in [-0.2, 0) is 11.3 Å². The molecule has 0 bridgehead atoms. The summed E-state index contributed by atoms with van der Waals surface area (Å²) in [6.45, 7) is 1.51. The minimum absolute atomic E-state index is 0.142. The van der Waals surface area contributed by atoms with Crippen molar-refractivity contribution >= 4 is 5.91 Å². The van der Waals surface area contributed by atoms with Crippen molar-refractivity contribution in [2.24, 2.45) is 11.8 Å². The largest absolute Gasteiger partial charge is 0.295 e. The van der Waals surface area contributed by atoms with E-state index < -0.39 is 0 Å². The number of nitrogens with two attached hydrogens (primary N) is 1. The second-order valence-electron chi connectivity index (χ2n) is 4.06. The third kappa shape index (κ3) is 2.17. The highest BCUT2D eigenvalue weighted by atomic mass is 16.2. The van der Waals surface area contributed by atoms with Gasteiger partial charge in [-0.05, 0) is 24.6 Å². The fourth-order valence-electron chi connectivity index (χ4n) is 2.14. The van der Waals surface area contributed by atoms with Crippen LogP contribution in [0.25, 0.3) is 0 Å². The minimum atomic E-state index is -0.154. The number of nitrogens with one attached hydrogen (secondary N) is 1. The predicted molar refractivity (Wildman–Crippen MR) is 54.7 cm³/mol. The molecular weight excluding hydrogens is 210 g/mol. The summed E-state index contributed by atoms with van der Waals surface area (Å²) in [6.07, 6.45) is 2.17. The van der Waals surface area contributed by atoms with Crippen molar-refractivity contribution in [1.29, 1.82) is 0 Å². The molecular formula is C8H15N7O. The lowest BCUT2D eigenvalue weighted by atomic mass is 10.1. The molecule has 1 fully saturated rings. The SMILES string of the molecule is CN1C[C@@H](Cn2ncnn2)C[C@H]1C(=O)NN. The third-order valence-electron chi connectivity index (χ3n) is 2.89. The number of hydrogen-bond acceptors (Lipinski definition) is 6. The first-order valence-corrected chi connectivity index (χ1v) is 5.12. The number of likely N-dealkylation sites (tertiary alicyclic amines) is 1. The topological polar surface area (TPSA) is 102 Å². The average molecular weight is 225 g/mol. The Hall–Kier alpha value is -1.54. The van der Waals surface area contributed by atoms with E-state index in [0.29, 0.717) is 12.5 Å². The number of carbonyl (C=O) groups is 1. The van der Waals surface area contributed by atoms with E-state index in [-0.39, 0.29) is 11.9 Å². The lowest BCUT2D eigenvalue weighted by Crippen LogP contribution is -2.44. The fraction of sp³-hybridized carbons (Fsp3) is 0.750. The average Bonchev–Trinajstić information content (AvgIpc) is 2.88. The second kappa shape index (κ2) is 4.54. The van der Waals surface area contributed by atoms with Crippen LogP contribution in [0.15, 0.2) is 6.33 Å². The molecule has 2 heterocycles. The lowest BCUT2D eigenvalue weighted by Gasteiger charge is -2.16. The molecule has 1 aliphatic heterocycles. The molecule has 3 N–H and O–H groups in total. The summed E-state index contributed by atoms with van der Waals surface area (Å²) in [5.74, 6) is 5.34. The Labute approximate surface area is 92.7 Å². The molecule has 2 atom stereocenters. The monoisotopic (exact) mass is 225 g/mol. The van der Waals surface area contributed by atoms with E-state index in [1.807, 2.05) is 11.9 Å². The summed E-state index contributed by atoms with van der Waals surface area (Å²) in [4.78, 5) is 15.0. The van der Waals surface area contributed by atoms with Gasteiger partial charge in [0.2, 0.25) is 0 Å². The van der Waals surface area contributed by atoms with E-state index in [1.165, 1.54) is 6.33 Å². The van der Waals surface area contributed by atoms with E-state index in [9.17, 15) is 4.79 Å². The first kappa shape index (κ1) is 11.0. The van der Waals surface area contributed by atoms with E-state index >= 15 is 0 Å². The maximum atomic E-state index is 11.4. The standard InChI is InChI=1S/C8H15N7O/c1-14-3-6(2-7(14)8(16)12-9)4-15-11-5-10-13-15/h5-7H,2-4,9H2,1H3,(H,12,16)/t6-,7-/m0/s1. The molecule has 0 aliphatic carbocycles. The van der Waals surface area contributed by atoms with E-state index in [2.05, 4.69) is 20.8 Å². The zero-order valence-corrected chi connectivity index (χ0v) is 9.08. The number of rotatable bonds is 3. The molecule has 0 unspecified atom stereocenters.